The maximum Gasteiger partial charge on any atom is 0.0966 e. The second kappa shape index (κ2) is 3.04. The van der Waals surface area contributed by atoms with Crippen LogP contribution in [0.15, 0.2) is 23.9 Å². The molecule has 0 unspecified atom stereocenters. The maximum atomic E-state index is 5.49. The molecule has 2 heteroatoms. The summed E-state index contributed by atoms with van der Waals surface area (Å²) in [4.78, 5) is 0. The van der Waals surface area contributed by atoms with Crippen LogP contribution in [0.1, 0.15) is 0 Å². The Hall–Kier alpha value is -0.270. The summed E-state index contributed by atoms with van der Waals surface area (Å²) in [5.41, 5.74) is 0. The van der Waals surface area contributed by atoms with E-state index in [2.05, 4.69) is 27.7 Å². The number of allylic oxidation sites excluding steroid dienone is 2. The second-order valence-electron chi connectivity index (χ2n) is 2.88. The highest BCUT2D eigenvalue weighted by Gasteiger charge is 1.98. The van der Waals surface area contributed by atoms with Crippen LogP contribution in [-0.2, 0) is 0 Å². The fraction of sp³-hybridized carbons (Fsp3) is 0.429. The Bertz CT molecular complexity index is 130. The molecule has 0 aliphatic carbocycles. The van der Waals surface area contributed by atoms with E-state index in [4.69, 9.17) is 11.6 Å². The highest BCUT2D eigenvalue weighted by atomic mass is 35.5. The number of halogens is 1. The van der Waals surface area contributed by atoms with Gasteiger partial charge in [-0.2, -0.15) is 0 Å². The van der Waals surface area contributed by atoms with Crippen molar-refractivity contribution in [1.29, 1.82) is 0 Å². The number of hydrogen-bond acceptors (Lipinski definition) is 0. The van der Waals surface area contributed by atoms with E-state index in [-0.39, 0.29) is 0 Å². The molecule has 0 spiro atoms. The number of quaternary nitrogens is 1. The summed E-state index contributed by atoms with van der Waals surface area (Å²) in [5.74, 6) is 0. The lowest BCUT2D eigenvalue weighted by atomic mass is 10.5. The van der Waals surface area contributed by atoms with E-state index < -0.39 is 0 Å². The molecule has 0 N–H and O–H groups in total. The van der Waals surface area contributed by atoms with E-state index in [1.165, 1.54) is 0 Å². The van der Waals surface area contributed by atoms with Gasteiger partial charge in [0.1, 0.15) is 0 Å². The van der Waals surface area contributed by atoms with Crippen LogP contribution < -0.4 is 0 Å². The van der Waals surface area contributed by atoms with Gasteiger partial charge < -0.3 is 4.48 Å². The predicted molar refractivity (Wildman–Crippen MR) is 42.2 cm³/mol. The number of hydrogen-bond donors (Lipinski definition) is 0. The molecule has 0 saturated carbocycles. The Balaban J connectivity index is 3.86. The average molecular weight is 147 g/mol. The third-order valence-corrected chi connectivity index (χ3v) is 0.829. The maximum absolute atomic E-state index is 5.49. The van der Waals surface area contributed by atoms with E-state index in [9.17, 15) is 0 Å². The Morgan fingerprint density at radius 1 is 1.44 bits per heavy atom. The minimum absolute atomic E-state index is 0.572. The van der Waals surface area contributed by atoms with Crippen molar-refractivity contribution in [3.63, 3.8) is 0 Å². The molecule has 0 amide bonds. The van der Waals surface area contributed by atoms with Crippen LogP contribution in [0.3, 0.4) is 0 Å². The zero-order valence-electron chi connectivity index (χ0n) is 6.19. The smallest absolute Gasteiger partial charge is 0.0966 e. The standard InChI is InChI=1S/C7H13ClN/c1-7(8)5-6-9(2,3)4/h5-6H,1H2,2-4H3/q+1. The summed E-state index contributed by atoms with van der Waals surface area (Å²) in [6, 6.07) is 0. The zero-order valence-corrected chi connectivity index (χ0v) is 6.94. The van der Waals surface area contributed by atoms with Crippen molar-refractivity contribution < 1.29 is 4.48 Å². The first kappa shape index (κ1) is 8.73. The molecule has 0 atom stereocenters. The molecule has 0 aromatic rings. The number of nitrogens with zero attached hydrogens (tertiary/aromatic N) is 1. The summed E-state index contributed by atoms with van der Waals surface area (Å²) in [6.45, 7) is 3.53. The molecule has 0 aliphatic rings. The summed E-state index contributed by atoms with van der Waals surface area (Å²) >= 11 is 5.49. The molecular formula is C7H13ClN+. The molecule has 0 fully saturated rings. The van der Waals surface area contributed by atoms with Gasteiger partial charge in [0.15, 0.2) is 0 Å². The van der Waals surface area contributed by atoms with Crippen molar-refractivity contribution in [3.8, 4) is 0 Å². The molecule has 0 aromatic heterocycles. The van der Waals surface area contributed by atoms with Gasteiger partial charge in [0.2, 0.25) is 0 Å². The van der Waals surface area contributed by atoms with Gasteiger partial charge in [-0.1, -0.05) is 18.2 Å². The van der Waals surface area contributed by atoms with Gasteiger partial charge in [0, 0.05) is 11.1 Å². The lowest BCUT2D eigenvalue weighted by Crippen LogP contribution is -2.26. The summed E-state index contributed by atoms with van der Waals surface area (Å²) in [7, 11) is 6.16. The molecule has 0 heterocycles. The third kappa shape index (κ3) is 7.73. The second-order valence-corrected chi connectivity index (χ2v) is 3.36. The largest absolute Gasteiger partial charge is 0.305 e. The Morgan fingerprint density at radius 2 is 1.89 bits per heavy atom. The first-order valence-corrected chi connectivity index (χ1v) is 3.14. The van der Waals surface area contributed by atoms with Crippen molar-refractivity contribution >= 4 is 11.6 Å². The van der Waals surface area contributed by atoms with Crippen LogP contribution in [0.4, 0.5) is 0 Å². The molecule has 0 rings (SSSR count). The van der Waals surface area contributed by atoms with Crippen molar-refractivity contribution in [2.75, 3.05) is 21.1 Å². The molecule has 0 aromatic carbocycles. The van der Waals surface area contributed by atoms with Gasteiger partial charge in [0.25, 0.3) is 0 Å². The minimum atomic E-state index is 0.572. The van der Waals surface area contributed by atoms with Gasteiger partial charge in [-0.05, 0) is 0 Å². The van der Waals surface area contributed by atoms with Crippen LogP contribution >= 0.6 is 11.6 Å². The predicted octanol–water partition coefficient (Wildman–Crippen LogP) is 1.96. The molecule has 52 valence electrons. The van der Waals surface area contributed by atoms with Crippen molar-refractivity contribution in [2.45, 2.75) is 0 Å². The number of rotatable bonds is 2. The van der Waals surface area contributed by atoms with Crippen LogP contribution in [-0.4, -0.2) is 25.6 Å². The van der Waals surface area contributed by atoms with E-state index in [0.717, 1.165) is 4.48 Å². The van der Waals surface area contributed by atoms with Gasteiger partial charge in [0.05, 0.1) is 27.3 Å². The van der Waals surface area contributed by atoms with Crippen LogP contribution in [0.2, 0.25) is 0 Å². The SMILES string of the molecule is C=C(Cl)C=C[N+](C)(C)C. The van der Waals surface area contributed by atoms with Crippen LogP contribution in [0.5, 0.6) is 0 Å². The quantitative estimate of drug-likeness (QED) is 0.413. The Labute approximate surface area is 61.8 Å². The van der Waals surface area contributed by atoms with Gasteiger partial charge in [-0.3, -0.25) is 0 Å². The van der Waals surface area contributed by atoms with E-state index >= 15 is 0 Å². The fourth-order valence-electron chi connectivity index (χ4n) is 0.304. The first-order valence-electron chi connectivity index (χ1n) is 2.76. The lowest BCUT2D eigenvalue weighted by Gasteiger charge is -2.16. The molecular weight excluding hydrogens is 134 g/mol. The molecule has 0 bridgehead atoms. The van der Waals surface area contributed by atoms with Crippen LogP contribution in [0.25, 0.3) is 0 Å². The Morgan fingerprint density at radius 3 is 2.00 bits per heavy atom. The lowest BCUT2D eigenvalue weighted by molar-refractivity contribution is -0.817. The highest BCUT2D eigenvalue weighted by Crippen LogP contribution is 2.00. The van der Waals surface area contributed by atoms with Crippen molar-refractivity contribution in [1.82, 2.24) is 0 Å². The highest BCUT2D eigenvalue weighted by molar-refractivity contribution is 6.30. The third-order valence-electron chi connectivity index (χ3n) is 0.703. The minimum Gasteiger partial charge on any atom is -0.305 e. The zero-order chi connectivity index (χ0) is 7.49. The van der Waals surface area contributed by atoms with Gasteiger partial charge in [-0.15, -0.1) is 0 Å². The monoisotopic (exact) mass is 146 g/mol. The fourth-order valence-corrected chi connectivity index (χ4v) is 0.361. The average Bonchev–Trinajstić information content (AvgIpc) is 1.59. The van der Waals surface area contributed by atoms with Crippen LogP contribution in [0, 0.1) is 0 Å². The molecule has 0 saturated heterocycles. The molecule has 9 heavy (non-hydrogen) atoms. The summed E-state index contributed by atoms with van der Waals surface area (Å²) in [6.07, 6.45) is 3.76. The van der Waals surface area contributed by atoms with E-state index in [0.29, 0.717) is 5.03 Å². The first-order chi connectivity index (χ1) is 3.92. The topological polar surface area (TPSA) is 0 Å². The normalized spacial score (nSPS) is 12.4. The molecule has 1 nitrogen and oxygen atoms in total. The van der Waals surface area contributed by atoms with Crippen molar-refractivity contribution in [3.05, 3.63) is 23.9 Å². The van der Waals surface area contributed by atoms with Gasteiger partial charge in [-0.25, -0.2) is 0 Å². The molecule has 0 radical (unpaired) electrons. The van der Waals surface area contributed by atoms with Gasteiger partial charge >= 0.3 is 0 Å². The van der Waals surface area contributed by atoms with E-state index in [1.807, 2.05) is 6.20 Å². The van der Waals surface area contributed by atoms with Crippen molar-refractivity contribution in [2.24, 2.45) is 0 Å². The van der Waals surface area contributed by atoms with E-state index in [1.54, 1.807) is 6.08 Å². The molecule has 0 aliphatic heterocycles. The summed E-state index contributed by atoms with van der Waals surface area (Å²) in [5, 5.41) is 0.572. The summed E-state index contributed by atoms with van der Waals surface area (Å²) < 4.78 is 0.770. The Kier molecular flexibility index (Phi) is 2.95.